The number of ether oxygens (including phenoxy) is 1. The number of rotatable bonds is 6. The molecule has 0 aliphatic heterocycles. The van der Waals surface area contributed by atoms with E-state index in [-0.39, 0.29) is 0 Å². The van der Waals surface area contributed by atoms with Crippen molar-refractivity contribution in [2.75, 3.05) is 18.2 Å². The van der Waals surface area contributed by atoms with Crippen molar-refractivity contribution < 1.29 is 4.74 Å². The molecule has 0 aromatic heterocycles. The van der Waals surface area contributed by atoms with Crippen LogP contribution >= 0.6 is 11.8 Å². The molecule has 0 fully saturated rings. The summed E-state index contributed by atoms with van der Waals surface area (Å²) in [6.07, 6.45) is 2.09. The summed E-state index contributed by atoms with van der Waals surface area (Å²) >= 11 is 1.76. The van der Waals surface area contributed by atoms with Crippen molar-refractivity contribution >= 4 is 17.4 Å². The standard InChI is InChI=1S/C16H19NOS/c1-3-18-16-7-5-4-6-15(16)17-12-13-8-10-14(19-2)11-9-13/h4-11,17H,3,12H2,1-2H3. The molecule has 0 radical (unpaired) electrons. The second kappa shape index (κ2) is 7.10. The van der Waals surface area contributed by atoms with E-state index in [4.69, 9.17) is 4.74 Å². The Morgan fingerprint density at radius 1 is 1.05 bits per heavy atom. The SMILES string of the molecule is CCOc1ccccc1NCc1ccc(SC)cc1. The number of hydrogen-bond acceptors (Lipinski definition) is 3. The Hall–Kier alpha value is -1.61. The van der Waals surface area contributed by atoms with Crippen LogP contribution < -0.4 is 10.1 Å². The number of thioether (sulfide) groups is 1. The largest absolute Gasteiger partial charge is 0.492 e. The van der Waals surface area contributed by atoms with Gasteiger partial charge in [0, 0.05) is 11.4 Å². The van der Waals surface area contributed by atoms with Crippen LogP contribution in [0.1, 0.15) is 12.5 Å². The fourth-order valence-corrected chi connectivity index (χ4v) is 2.24. The molecule has 2 aromatic carbocycles. The molecule has 0 aliphatic rings. The van der Waals surface area contributed by atoms with Gasteiger partial charge in [-0.05, 0) is 43.0 Å². The molecule has 0 amide bonds. The molecule has 0 bridgehead atoms. The molecule has 1 N–H and O–H groups in total. The molecule has 0 saturated heterocycles. The van der Waals surface area contributed by atoms with Gasteiger partial charge >= 0.3 is 0 Å². The van der Waals surface area contributed by atoms with Crippen molar-refractivity contribution in [1.29, 1.82) is 0 Å². The van der Waals surface area contributed by atoms with Gasteiger partial charge in [-0.15, -0.1) is 11.8 Å². The normalized spacial score (nSPS) is 10.2. The number of nitrogens with one attached hydrogen (secondary N) is 1. The zero-order chi connectivity index (χ0) is 13.5. The van der Waals surface area contributed by atoms with Crippen LogP contribution in [0, 0.1) is 0 Å². The summed E-state index contributed by atoms with van der Waals surface area (Å²) < 4.78 is 5.60. The maximum atomic E-state index is 5.60. The van der Waals surface area contributed by atoms with Gasteiger partial charge in [0.15, 0.2) is 0 Å². The van der Waals surface area contributed by atoms with Gasteiger partial charge in [0.05, 0.1) is 12.3 Å². The number of anilines is 1. The first-order valence-electron chi connectivity index (χ1n) is 6.42. The van der Waals surface area contributed by atoms with Gasteiger partial charge in [0.1, 0.15) is 5.75 Å². The highest BCUT2D eigenvalue weighted by molar-refractivity contribution is 7.98. The second-order valence-corrected chi connectivity index (χ2v) is 5.01. The minimum atomic E-state index is 0.682. The second-order valence-electron chi connectivity index (χ2n) is 4.13. The van der Waals surface area contributed by atoms with Crippen LogP contribution in [0.25, 0.3) is 0 Å². The van der Waals surface area contributed by atoms with Gasteiger partial charge < -0.3 is 10.1 Å². The maximum Gasteiger partial charge on any atom is 0.142 e. The monoisotopic (exact) mass is 273 g/mol. The Kier molecular flexibility index (Phi) is 5.16. The first-order chi connectivity index (χ1) is 9.33. The van der Waals surface area contributed by atoms with Crippen molar-refractivity contribution in [2.45, 2.75) is 18.4 Å². The highest BCUT2D eigenvalue weighted by Gasteiger charge is 2.01. The summed E-state index contributed by atoms with van der Waals surface area (Å²) in [6.45, 7) is 3.48. The van der Waals surface area contributed by atoms with Crippen molar-refractivity contribution in [3.63, 3.8) is 0 Å². The Balaban J connectivity index is 2.01. The van der Waals surface area contributed by atoms with Crippen molar-refractivity contribution in [2.24, 2.45) is 0 Å². The Labute approximate surface area is 119 Å². The quantitative estimate of drug-likeness (QED) is 0.787. The van der Waals surface area contributed by atoms with Gasteiger partial charge in [-0.2, -0.15) is 0 Å². The van der Waals surface area contributed by atoms with E-state index in [1.807, 2.05) is 31.2 Å². The van der Waals surface area contributed by atoms with Crippen LogP contribution in [-0.2, 0) is 6.54 Å². The van der Waals surface area contributed by atoms with Crippen LogP contribution in [0.2, 0.25) is 0 Å². The molecule has 2 rings (SSSR count). The van der Waals surface area contributed by atoms with Gasteiger partial charge in [-0.25, -0.2) is 0 Å². The number of hydrogen-bond donors (Lipinski definition) is 1. The predicted octanol–water partition coefficient (Wildman–Crippen LogP) is 4.42. The summed E-state index contributed by atoms with van der Waals surface area (Å²) in [5, 5.41) is 3.42. The zero-order valence-electron chi connectivity index (χ0n) is 11.3. The number of para-hydroxylation sites is 2. The van der Waals surface area contributed by atoms with Crippen LogP contribution in [0.3, 0.4) is 0 Å². The van der Waals surface area contributed by atoms with Crippen LogP contribution in [-0.4, -0.2) is 12.9 Å². The highest BCUT2D eigenvalue weighted by Crippen LogP contribution is 2.24. The Morgan fingerprint density at radius 3 is 2.47 bits per heavy atom. The van der Waals surface area contributed by atoms with Crippen LogP contribution in [0.5, 0.6) is 5.75 Å². The average Bonchev–Trinajstić information content (AvgIpc) is 2.47. The first kappa shape index (κ1) is 13.8. The fraction of sp³-hybridized carbons (Fsp3) is 0.250. The molecule has 100 valence electrons. The first-order valence-corrected chi connectivity index (χ1v) is 7.64. The molecule has 2 nitrogen and oxygen atoms in total. The Morgan fingerprint density at radius 2 is 1.79 bits per heavy atom. The van der Waals surface area contributed by atoms with E-state index in [2.05, 4.69) is 35.8 Å². The minimum Gasteiger partial charge on any atom is -0.492 e. The lowest BCUT2D eigenvalue weighted by Crippen LogP contribution is -2.02. The van der Waals surface area contributed by atoms with Crippen molar-refractivity contribution in [3.8, 4) is 5.75 Å². The van der Waals surface area contributed by atoms with E-state index in [1.54, 1.807) is 11.8 Å². The molecule has 0 unspecified atom stereocenters. The Bertz CT molecular complexity index is 510. The molecule has 2 aromatic rings. The zero-order valence-corrected chi connectivity index (χ0v) is 12.2. The third kappa shape index (κ3) is 3.93. The molecule has 0 spiro atoms. The molecule has 3 heteroatoms. The van der Waals surface area contributed by atoms with Gasteiger partial charge in [0.25, 0.3) is 0 Å². The van der Waals surface area contributed by atoms with E-state index in [9.17, 15) is 0 Å². The molecule has 0 aliphatic carbocycles. The van der Waals surface area contributed by atoms with E-state index in [0.717, 1.165) is 18.0 Å². The minimum absolute atomic E-state index is 0.682. The summed E-state index contributed by atoms with van der Waals surface area (Å²) in [4.78, 5) is 1.29. The molecular formula is C16H19NOS. The van der Waals surface area contributed by atoms with Crippen LogP contribution in [0.4, 0.5) is 5.69 Å². The predicted molar refractivity (Wildman–Crippen MR) is 83.2 cm³/mol. The third-order valence-electron chi connectivity index (χ3n) is 2.83. The van der Waals surface area contributed by atoms with Crippen molar-refractivity contribution in [1.82, 2.24) is 0 Å². The maximum absolute atomic E-state index is 5.60. The summed E-state index contributed by atoms with van der Waals surface area (Å²) in [5.41, 5.74) is 2.31. The van der Waals surface area contributed by atoms with E-state index in [0.29, 0.717) is 6.61 Å². The fourth-order valence-electron chi connectivity index (χ4n) is 1.83. The summed E-state index contributed by atoms with van der Waals surface area (Å²) in [7, 11) is 0. The topological polar surface area (TPSA) is 21.3 Å². The highest BCUT2D eigenvalue weighted by atomic mass is 32.2. The van der Waals surface area contributed by atoms with E-state index in [1.165, 1.54) is 10.5 Å². The average molecular weight is 273 g/mol. The lowest BCUT2D eigenvalue weighted by Gasteiger charge is -2.12. The van der Waals surface area contributed by atoms with Gasteiger partial charge in [-0.1, -0.05) is 24.3 Å². The van der Waals surface area contributed by atoms with E-state index < -0.39 is 0 Å². The smallest absolute Gasteiger partial charge is 0.142 e. The summed E-state index contributed by atoms with van der Waals surface area (Å²) in [5.74, 6) is 0.908. The molecule has 0 saturated carbocycles. The van der Waals surface area contributed by atoms with Gasteiger partial charge in [-0.3, -0.25) is 0 Å². The molecule has 0 atom stereocenters. The lowest BCUT2D eigenvalue weighted by molar-refractivity contribution is 0.341. The molecule has 19 heavy (non-hydrogen) atoms. The summed E-state index contributed by atoms with van der Waals surface area (Å²) in [6, 6.07) is 16.6. The van der Waals surface area contributed by atoms with Gasteiger partial charge in [0.2, 0.25) is 0 Å². The number of benzene rings is 2. The lowest BCUT2D eigenvalue weighted by atomic mass is 10.2. The molecule has 0 heterocycles. The van der Waals surface area contributed by atoms with Crippen molar-refractivity contribution in [3.05, 3.63) is 54.1 Å². The third-order valence-corrected chi connectivity index (χ3v) is 3.57. The van der Waals surface area contributed by atoms with Crippen LogP contribution in [0.15, 0.2) is 53.4 Å². The molecular weight excluding hydrogens is 254 g/mol. The van der Waals surface area contributed by atoms with E-state index >= 15 is 0 Å².